The lowest BCUT2D eigenvalue weighted by atomic mass is 10.0. The van der Waals surface area contributed by atoms with E-state index in [0.29, 0.717) is 32.0 Å². The Labute approximate surface area is 116 Å². The molecule has 6 heteroatoms. The second-order valence-corrected chi connectivity index (χ2v) is 7.77. The highest BCUT2D eigenvalue weighted by Gasteiger charge is 2.40. The molecule has 1 N–H and O–H groups in total. The minimum absolute atomic E-state index is 0.138. The van der Waals surface area contributed by atoms with Gasteiger partial charge in [0.2, 0.25) is 0 Å². The van der Waals surface area contributed by atoms with Crippen molar-refractivity contribution in [3.63, 3.8) is 0 Å². The molecule has 2 fully saturated rings. The average molecular weight is 290 g/mol. The normalized spacial score (nSPS) is 25.9. The summed E-state index contributed by atoms with van der Waals surface area (Å²) in [6, 6.07) is 0.209. The molecular formula is C13H26N2O3S. The third-order valence-electron chi connectivity index (χ3n) is 3.98. The van der Waals surface area contributed by atoms with Gasteiger partial charge in [0.1, 0.15) is 0 Å². The highest BCUT2D eigenvalue weighted by Crippen LogP contribution is 2.32. The van der Waals surface area contributed by atoms with E-state index in [1.165, 1.54) is 0 Å². The number of unbranched alkanes of at least 4 members (excludes halogenated alkanes) is 1. The Hall–Kier alpha value is -0.170. The quantitative estimate of drug-likeness (QED) is 0.717. The van der Waals surface area contributed by atoms with Gasteiger partial charge in [-0.2, -0.15) is 17.0 Å². The van der Waals surface area contributed by atoms with Crippen LogP contribution >= 0.6 is 0 Å². The van der Waals surface area contributed by atoms with Crippen molar-refractivity contribution in [2.45, 2.75) is 51.5 Å². The molecule has 1 saturated carbocycles. The highest BCUT2D eigenvalue weighted by molar-refractivity contribution is 7.86. The monoisotopic (exact) mass is 290 g/mol. The molecule has 112 valence electrons. The smallest absolute Gasteiger partial charge is 0.282 e. The molecule has 1 aliphatic heterocycles. The lowest BCUT2D eigenvalue weighted by Crippen LogP contribution is -2.48. The lowest BCUT2D eigenvalue weighted by Gasteiger charge is -2.34. The van der Waals surface area contributed by atoms with E-state index in [-0.39, 0.29) is 12.6 Å². The van der Waals surface area contributed by atoms with Crippen LogP contribution in [-0.4, -0.2) is 54.4 Å². The van der Waals surface area contributed by atoms with Gasteiger partial charge in [-0.1, -0.05) is 6.92 Å². The number of aliphatic hydroxyl groups is 1. The van der Waals surface area contributed by atoms with Crippen LogP contribution in [0.4, 0.5) is 0 Å². The summed E-state index contributed by atoms with van der Waals surface area (Å²) in [4.78, 5) is 0. The summed E-state index contributed by atoms with van der Waals surface area (Å²) in [5.74, 6) is 0.460. The van der Waals surface area contributed by atoms with E-state index < -0.39 is 10.2 Å². The third-order valence-corrected chi connectivity index (χ3v) is 6.04. The highest BCUT2D eigenvalue weighted by atomic mass is 32.2. The van der Waals surface area contributed by atoms with Gasteiger partial charge >= 0.3 is 0 Å². The summed E-state index contributed by atoms with van der Waals surface area (Å²) in [6.45, 7) is 4.13. The van der Waals surface area contributed by atoms with Gasteiger partial charge < -0.3 is 5.11 Å². The molecule has 0 aromatic heterocycles. The van der Waals surface area contributed by atoms with E-state index in [2.05, 4.69) is 6.92 Å². The van der Waals surface area contributed by atoms with Crippen LogP contribution in [0.2, 0.25) is 0 Å². The molecule has 1 atom stereocenters. The minimum atomic E-state index is -3.29. The predicted molar refractivity (Wildman–Crippen MR) is 74.9 cm³/mol. The van der Waals surface area contributed by atoms with Crippen LogP contribution < -0.4 is 0 Å². The number of piperidine rings is 1. The summed E-state index contributed by atoms with van der Waals surface area (Å²) in [6.07, 6.45) is 5.49. The van der Waals surface area contributed by atoms with Crippen LogP contribution in [0.3, 0.4) is 0 Å². The summed E-state index contributed by atoms with van der Waals surface area (Å²) >= 11 is 0. The Balaban J connectivity index is 2.01. The first-order valence-corrected chi connectivity index (χ1v) is 8.83. The fourth-order valence-electron chi connectivity index (χ4n) is 2.73. The Morgan fingerprint density at radius 2 is 2.00 bits per heavy atom. The van der Waals surface area contributed by atoms with Crippen LogP contribution in [0, 0.1) is 5.92 Å². The molecule has 0 aromatic rings. The molecule has 0 aromatic carbocycles. The second kappa shape index (κ2) is 6.52. The minimum Gasteiger partial charge on any atom is -0.396 e. The largest absolute Gasteiger partial charge is 0.396 e. The zero-order chi connectivity index (χ0) is 13.9. The summed E-state index contributed by atoms with van der Waals surface area (Å²) in [5, 5.41) is 8.84. The van der Waals surface area contributed by atoms with Gasteiger partial charge in [0.05, 0.1) is 0 Å². The van der Waals surface area contributed by atoms with Crippen LogP contribution in [0.15, 0.2) is 0 Å². The molecule has 1 heterocycles. The van der Waals surface area contributed by atoms with E-state index in [9.17, 15) is 8.42 Å². The van der Waals surface area contributed by atoms with Crippen molar-refractivity contribution >= 4 is 10.2 Å². The summed E-state index contributed by atoms with van der Waals surface area (Å²) in [5.41, 5.74) is 0. The van der Waals surface area contributed by atoms with Gasteiger partial charge in [-0.15, -0.1) is 0 Å². The molecule has 5 nitrogen and oxygen atoms in total. The number of aliphatic hydroxyl groups excluding tert-OH is 1. The number of hydrogen-bond donors (Lipinski definition) is 1. The Morgan fingerprint density at radius 3 is 2.58 bits per heavy atom. The molecule has 1 unspecified atom stereocenters. The molecule has 0 radical (unpaired) electrons. The van der Waals surface area contributed by atoms with Crippen molar-refractivity contribution in [1.29, 1.82) is 0 Å². The van der Waals surface area contributed by atoms with Crippen LogP contribution in [0.5, 0.6) is 0 Å². The van der Waals surface area contributed by atoms with E-state index in [0.717, 1.165) is 32.1 Å². The maximum Gasteiger partial charge on any atom is 0.282 e. The van der Waals surface area contributed by atoms with Gasteiger partial charge in [-0.05, 0) is 44.4 Å². The number of nitrogens with zero attached hydrogens (tertiary/aromatic N) is 2. The molecule has 1 saturated heterocycles. The molecule has 1 aliphatic carbocycles. The zero-order valence-electron chi connectivity index (χ0n) is 11.8. The Kier molecular flexibility index (Phi) is 5.22. The van der Waals surface area contributed by atoms with E-state index in [1.54, 1.807) is 8.61 Å². The van der Waals surface area contributed by atoms with E-state index in [4.69, 9.17) is 5.11 Å². The van der Waals surface area contributed by atoms with Crippen LogP contribution in [0.1, 0.15) is 45.4 Å². The molecule has 19 heavy (non-hydrogen) atoms. The van der Waals surface area contributed by atoms with Crippen molar-refractivity contribution in [1.82, 2.24) is 8.61 Å². The van der Waals surface area contributed by atoms with Crippen molar-refractivity contribution in [3.8, 4) is 0 Å². The maximum absolute atomic E-state index is 12.7. The van der Waals surface area contributed by atoms with Gasteiger partial charge in [-0.3, -0.25) is 0 Å². The molecule has 0 amide bonds. The molecule has 0 bridgehead atoms. The average Bonchev–Trinajstić information content (AvgIpc) is 3.18. The predicted octanol–water partition coefficient (Wildman–Crippen LogP) is 1.20. The standard InChI is InChI=1S/C13H26N2O3S/c1-12-5-4-8-14(11-12)19(17,18)15(13-6-7-13)9-2-3-10-16/h12-13,16H,2-11H2,1H3. The lowest BCUT2D eigenvalue weighted by molar-refractivity contribution is 0.247. The summed E-state index contributed by atoms with van der Waals surface area (Å²) < 4.78 is 28.7. The Morgan fingerprint density at radius 1 is 1.26 bits per heavy atom. The SMILES string of the molecule is CC1CCCN(S(=O)(=O)N(CCCCO)C2CC2)C1. The van der Waals surface area contributed by atoms with Gasteiger partial charge in [0.15, 0.2) is 0 Å². The van der Waals surface area contributed by atoms with Crippen molar-refractivity contribution in [2.75, 3.05) is 26.2 Å². The first-order valence-electron chi connectivity index (χ1n) is 7.43. The van der Waals surface area contributed by atoms with Crippen LogP contribution in [-0.2, 0) is 10.2 Å². The first-order chi connectivity index (χ1) is 9.05. The zero-order valence-corrected chi connectivity index (χ0v) is 12.6. The maximum atomic E-state index is 12.7. The first kappa shape index (κ1) is 15.2. The van der Waals surface area contributed by atoms with Crippen molar-refractivity contribution in [2.24, 2.45) is 5.92 Å². The number of rotatable bonds is 7. The molecule has 2 aliphatic rings. The Bertz CT molecular complexity index is 381. The fraction of sp³-hybridized carbons (Fsp3) is 1.00. The molecule has 0 spiro atoms. The van der Waals surface area contributed by atoms with E-state index >= 15 is 0 Å². The molecular weight excluding hydrogens is 264 g/mol. The molecule has 2 rings (SSSR count). The number of hydrogen-bond acceptors (Lipinski definition) is 3. The fourth-order valence-corrected chi connectivity index (χ4v) is 4.78. The van der Waals surface area contributed by atoms with Gasteiger partial charge in [0.25, 0.3) is 10.2 Å². The third kappa shape index (κ3) is 3.90. The van der Waals surface area contributed by atoms with Crippen LogP contribution in [0.25, 0.3) is 0 Å². The summed E-state index contributed by atoms with van der Waals surface area (Å²) in [7, 11) is -3.29. The van der Waals surface area contributed by atoms with Crippen molar-refractivity contribution < 1.29 is 13.5 Å². The van der Waals surface area contributed by atoms with E-state index in [1.807, 2.05) is 0 Å². The van der Waals surface area contributed by atoms with Gasteiger partial charge in [0, 0.05) is 32.3 Å². The van der Waals surface area contributed by atoms with Gasteiger partial charge in [-0.25, -0.2) is 0 Å². The van der Waals surface area contributed by atoms with Crippen molar-refractivity contribution in [3.05, 3.63) is 0 Å². The second-order valence-electron chi connectivity index (χ2n) is 5.89. The topological polar surface area (TPSA) is 60.9 Å².